The van der Waals surface area contributed by atoms with Crippen LogP contribution in [0.4, 0.5) is 0 Å². The van der Waals surface area contributed by atoms with Crippen molar-refractivity contribution in [2.24, 2.45) is 5.92 Å². The molecule has 6 heteroatoms. The maximum Gasteiger partial charge on any atom is 0.263 e. The van der Waals surface area contributed by atoms with E-state index in [9.17, 15) is 8.42 Å². The molecule has 0 spiro atoms. The highest BCUT2D eigenvalue weighted by Gasteiger charge is 2.21. The zero-order valence-corrected chi connectivity index (χ0v) is 12.6. The molecule has 0 unspecified atom stereocenters. The Hall–Kier alpha value is -1.20. The Labute approximate surface area is 117 Å². The van der Waals surface area contributed by atoms with Crippen LogP contribution in [0.25, 0.3) is 10.9 Å². The average Bonchev–Trinajstić information content (AvgIpc) is 2.67. The number of fused-ring (bicyclic) bond motifs is 1. The molecule has 1 aromatic heterocycles. The molecule has 2 rings (SSSR count). The van der Waals surface area contributed by atoms with Gasteiger partial charge in [0, 0.05) is 23.4 Å². The highest BCUT2D eigenvalue weighted by atomic mass is 35.7. The van der Waals surface area contributed by atoms with Crippen molar-refractivity contribution in [2.45, 2.75) is 25.3 Å². The first-order valence-electron chi connectivity index (χ1n) is 5.95. The summed E-state index contributed by atoms with van der Waals surface area (Å²) in [6, 6.07) is 5.43. The van der Waals surface area contributed by atoms with E-state index in [2.05, 4.69) is 13.8 Å². The van der Waals surface area contributed by atoms with Crippen LogP contribution in [0.1, 0.15) is 13.8 Å². The molecular formula is C13H16ClNO3S. The van der Waals surface area contributed by atoms with Crippen molar-refractivity contribution in [2.75, 3.05) is 7.11 Å². The smallest absolute Gasteiger partial charge is 0.263 e. The van der Waals surface area contributed by atoms with Gasteiger partial charge in [0.25, 0.3) is 9.05 Å². The SMILES string of the molecule is COc1cccc2c1c(S(=O)(=O)Cl)cn2CC(C)C. The second kappa shape index (κ2) is 5.06. The number of methoxy groups -OCH3 is 1. The van der Waals surface area contributed by atoms with Crippen LogP contribution in [0.5, 0.6) is 5.75 Å². The van der Waals surface area contributed by atoms with Gasteiger partial charge >= 0.3 is 0 Å². The molecule has 2 aromatic rings. The summed E-state index contributed by atoms with van der Waals surface area (Å²) in [4.78, 5) is 0.0993. The first kappa shape index (κ1) is 14.2. The molecule has 0 saturated heterocycles. The summed E-state index contributed by atoms with van der Waals surface area (Å²) in [7, 11) is 3.23. The number of hydrogen-bond acceptors (Lipinski definition) is 3. The summed E-state index contributed by atoms with van der Waals surface area (Å²) in [6.07, 6.45) is 1.58. The molecule has 0 radical (unpaired) electrons. The van der Waals surface area contributed by atoms with Gasteiger partial charge in [-0.1, -0.05) is 19.9 Å². The molecule has 0 aliphatic heterocycles. The number of rotatable bonds is 4. The van der Waals surface area contributed by atoms with E-state index in [1.54, 1.807) is 12.3 Å². The minimum atomic E-state index is -3.81. The van der Waals surface area contributed by atoms with Gasteiger partial charge in [-0.2, -0.15) is 0 Å². The fraction of sp³-hybridized carbons (Fsp3) is 0.385. The van der Waals surface area contributed by atoms with E-state index in [4.69, 9.17) is 15.4 Å². The molecule has 0 atom stereocenters. The highest BCUT2D eigenvalue weighted by molar-refractivity contribution is 8.14. The lowest BCUT2D eigenvalue weighted by Gasteiger charge is -2.08. The Morgan fingerprint density at radius 2 is 2.05 bits per heavy atom. The molecule has 0 N–H and O–H groups in total. The monoisotopic (exact) mass is 301 g/mol. The number of ether oxygens (including phenoxy) is 1. The van der Waals surface area contributed by atoms with Crippen LogP contribution >= 0.6 is 10.7 Å². The third kappa shape index (κ3) is 2.72. The van der Waals surface area contributed by atoms with Gasteiger partial charge in [0.05, 0.1) is 18.0 Å². The molecule has 0 amide bonds. The van der Waals surface area contributed by atoms with E-state index >= 15 is 0 Å². The van der Waals surface area contributed by atoms with Crippen molar-refractivity contribution in [3.63, 3.8) is 0 Å². The Kier molecular flexibility index (Phi) is 3.78. The Morgan fingerprint density at radius 3 is 2.58 bits per heavy atom. The van der Waals surface area contributed by atoms with Crippen LogP contribution in [0.15, 0.2) is 29.3 Å². The standard InChI is InChI=1S/C13H16ClNO3S/c1-9(2)7-15-8-12(19(14,16)17)13-10(15)5-4-6-11(13)18-3/h4-6,8-9H,7H2,1-3H3. The molecule has 0 aliphatic rings. The van der Waals surface area contributed by atoms with Gasteiger partial charge < -0.3 is 9.30 Å². The molecule has 0 saturated carbocycles. The third-order valence-corrected chi connectivity index (χ3v) is 4.21. The van der Waals surface area contributed by atoms with Crippen LogP contribution in [0, 0.1) is 5.92 Å². The zero-order valence-electron chi connectivity index (χ0n) is 11.1. The number of nitrogens with zero attached hydrogens (tertiary/aromatic N) is 1. The van der Waals surface area contributed by atoms with E-state index in [-0.39, 0.29) is 4.90 Å². The van der Waals surface area contributed by atoms with Crippen LogP contribution in [0.2, 0.25) is 0 Å². The van der Waals surface area contributed by atoms with Gasteiger partial charge in [-0.15, -0.1) is 0 Å². The second-order valence-electron chi connectivity index (χ2n) is 4.83. The fourth-order valence-electron chi connectivity index (χ4n) is 2.18. The van der Waals surface area contributed by atoms with Crippen molar-refractivity contribution < 1.29 is 13.2 Å². The van der Waals surface area contributed by atoms with Gasteiger partial charge in [-0.05, 0) is 18.1 Å². The van der Waals surface area contributed by atoms with Crippen LogP contribution in [0.3, 0.4) is 0 Å². The van der Waals surface area contributed by atoms with E-state index in [0.717, 1.165) is 12.1 Å². The van der Waals surface area contributed by atoms with Gasteiger partial charge in [-0.25, -0.2) is 8.42 Å². The van der Waals surface area contributed by atoms with E-state index in [1.807, 2.05) is 16.7 Å². The summed E-state index contributed by atoms with van der Waals surface area (Å²) in [6.45, 7) is 4.86. The topological polar surface area (TPSA) is 48.3 Å². The number of aromatic nitrogens is 1. The molecule has 1 heterocycles. The maximum atomic E-state index is 11.7. The maximum absolute atomic E-state index is 11.7. The fourth-order valence-corrected chi connectivity index (χ4v) is 3.23. The lowest BCUT2D eigenvalue weighted by atomic mass is 10.2. The molecule has 19 heavy (non-hydrogen) atoms. The summed E-state index contributed by atoms with van der Waals surface area (Å²) < 4.78 is 30.6. The van der Waals surface area contributed by atoms with Crippen molar-refractivity contribution in [1.29, 1.82) is 0 Å². The third-order valence-electron chi connectivity index (χ3n) is 2.88. The first-order chi connectivity index (χ1) is 8.84. The summed E-state index contributed by atoms with van der Waals surface area (Å²) in [5.74, 6) is 0.909. The average molecular weight is 302 g/mol. The minimum absolute atomic E-state index is 0.0993. The molecule has 4 nitrogen and oxygen atoms in total. The molecule has 0 bridgehead atoms. The van der Waals surface area contributed by atoms with Crippen LogP contribution in [-0.2, 0) is 15.6 Å². The van der Waals surface area contributed by atoms with Crippen molar-refractivity contribution in [1.82, 2.24) is 4.57 Å². The lowest BCUT2D eigenvalue weighted by Crippen LogP contribution is -2.02. The molecule has 0 aliphatic carbocycles. The van der Waals surface area contributed by atoms with Crippen LogP contribution in [-0.4, -0.2) is 20.1 Å². The lowest BCUT2D eigenvalue weighted by molar-refractivity contribution is 0.419. The summed E-state index contributed by atoms with van der Waals surface area (Å²) in [5, 5.41) is 0.542. The Balaban J connectivity index is 2.81. The van der Waals surface area contributed by atoms with Crippen molar-refractivity contribution in [3.8, 4) is 5.75 Å². The van der Waals surface area contributed by atoms with Crippen molar-refractivity contribution in [3.05, 3.63) is 24.4 Å². The quantitative estimate of drug-likeness (QED) is 0.815. The predicted molar refractivity (Wildman–Crippen MR) is 76.4 cm³/mol. The second-order valence-corrected chi connectivity index (χ2v) is 7.37. The van der Waals surface area contributed by atoms with Gasteiger partial charge in [0.2, 0.25) is 0 Å². The highest BCUT2D eigenvalue weighted by Crippen LogP contribution is 2.35. The summed E-state index contributed by atoms with van der Waals surface area (Å²) in [5.41, 5.74) is 0.812. The predicted octanol–water partition coefficient (Wildman–Crippen LogP) is 3.23. The first-order valence-corrected chi connectivity index (χ1v) is 8.26. The molecule has 0 fully saturated rings. The largest absolute Gasteiger partial charge is 0.496 e. The number of hydrogen-bond donors (Lipinski definition) is 0. The van der Waals surface area contributed by atoms with Gasteiger partial charge in [-0.3, -0.25) is 0 Å². The molecule has 1 aromatic carbocycles. The Bertz CT molecular complexity index is 704. The van der Waals surface area contributed by atoms with Crippen LogP contribution < -0.4 is 4.74 Å². The number of halogens is 1. The number of benzene rings is 1. The minimum Gasteiger partial charge on any atom is -0.496 e. The zero-order chi connectivity index (χ0) is 14.2. The molecule has 104 valence electrons. The van der Waals surface area contributed by atoms with E-state index in [0.29, 0.717) is 17.1 Å². The normalized spacial score (nSPS) is 12.3. The van der Waals surface area contributed by atoms with Gasteiger partial charge in [0.1, 0.15) is 10.6 Å². The van der Waals surface area contributed by atoms with Crippen molar-refractivity contribution >= 4 is 30.6 Å². The van der Waals surface area contributed by atoms with Gasteiger partial charge in [0.15, 0.2) is 0 Å². The van der Waals surface area contributed by atoms with E-state index < -0.39 is 9.05 Å². The van der Waals surface area contributed by atoms with E-state index in [1.165, 1.54) is 7.11 Å². The summed E-state index contributed by atoms with van der Waals surface area (Å²) >= 11 is 0. The Morgan fingerprint density at radius 1 is 1.37 bits per heavy atom. The molecular weight excluding hydrogens is 286 g/mol.